The predicted octanol–water partition coefficient (Wildman–Crippen LogP) is 6.56. The number of hydrogen-bond acceptors (Lipinski definition) is 4. The molecular formula is C22H17ClF3N5O2. The Morgan fingerprint density at radius 2 is 1.94 bits per heavy atom. The Hall–Kier alpha value is -3.79. The number of hydrogen-bond donors (Lipinski definition) is 2. The Balaban J connectivity index is 1.47. The molecule has 0 bridgehead atoms. The molecule has 0 radical (unpaired) electrons. The second kappa shape index (κ2) is 8.99. The molecule has 0 aliphatic rings. The highest BCUT2D eigenvalue weighted by Gasteiger charge is 2.30. The Morgan fingerprint density at radius 3 is 2.67 bits per heavy atom. The van der Waals surface area contributed by atoms with Crippen LogP contribution in [0.2, 0.25) is 5.02 Å². The monoisotopic (exact) mass is 475 g/mol. The summed E-state index contributed by atoms with van der Waals surface area (Å²) in [5.74, 6) is 0.735. The average Bonchev–Trinajstić information content (AvgIpc) is 3.19. The van der Waals surface area contributed by atoms with Gasteiger partial charge < -0.3 is 19.9 Å². The maximum Gasteiger partial charge on any atom is 0.416 e. The van der Waals surface area contributed by atoms with Gasteiger partial charge in [-0.15, -0.1) is 0 Å². The fourth-order valence-electron chi connectivity index (χ4n) is 3.17. The number of carbonyl (C=O) groups excluding carboxylic acids is 1. The molecule has 33 heavy (non-hydrogen) atoms. The number of carbonyl (C=O) groups is 1. The van der Waals surface area contributed by atoms with Crippen LogP contribution in [0.25, 0.3) is 11.0 Å². The van der Waals surface area contributed by atoms with Gasteiger partial charge in [0.15, 0.2) is 0 Å². The fourth-order valence-corrected chi connectivity index (χ4v) is 3.39. The summed E-state index contributed by atoms with van der Waals surface area (Å²) in [6.45, 7) is 2.69. The van der Waals surface area contributed by atoms with E-state index >= 15 is 0 Å². The van der Waals surface area contributed by atoms with Crippen LogP contribution in [0.15, 0.2) is 61.1 Å². The Morgan fingerprint density at radius 1 is 1.12 bits per heavy atom. The van der Waals surface area contributed by atoms with Crippen LogP contribution in [-0.2, 0) is 12.7 Å². The van der Waals surface area contributed by atoms with Crippen LogP contribution >= 0.6 is 11.6 Å². The molecule has 2 aromatic carbocycles. The van der Waals surface area contributed by atoms with E-state index in [0.29, 0.717) is 18.2 Å². The molecule has 0 spiro atoms. The summed E-state index contributed by atoms with van der Waals surface area (Å²) in [5, 5.41) is 5.03. The molecule has 11 heteroatoms. The van der Waals surface area contributed by atoms with E-state index < -0.39 is 17.8 Å². The van der Waals surface area contributed by atoms with Gasteiger partial charge in [-0.3, -0.25) is 0 Å². The third kappa shape index (κ3) is 5.01. The molecule has 0 fully saturated rings. The number of amides is 2. The maximum atomic E-state index is 12.8. The SMILES string of the molecule is CCn1ccc2ncnc(Oc3ccc(NC(=O)Nc4cccc(C(F)(F)F)c4)c(Cl)c3)c21. The van der Waals surface area contributed by atoms with Crippen LogP contribution in [0.3, 0.4) is 0 Å². The number of nitrogens with zero attached hydrogens (tertiary/aromatic N) is 3. The van der Waals surface area contributed by atoms with Crippen molar-refractivity contribution in [2.24, 2.45) is 0 Å². The predicted molar refractivity (Wildman–Crippen MR) is 119 cm³/mol. The van der Waals surface area contributed by atoms with Crippen LogP contribution in [0.5, 0.6) is 11.6 Å². The highest BCUT2D eigenvalue weighted by molar-refractivity contribution is 6.34. The summed E-state index contributed by atoms with van der Waals surface area (Å²) in [7, 11) is 0. The number of aromatic nitrogens is 3. The number of urea groups is 1. The van der Waals surface area contributed by atoms with Gasteiger partial charge in [0.25, 0.3) is 0 Å². The lowest BCUT2D eigenvalue weighted by atomic mass is 10.2. The largest absolute Gasteiger partial charge is 0.437 e. The first-order chi connectivity index (χ1) is 15.7. The molecule has 0 aliphatic carbocycles. The summed E-state index contributed by atoms with van der Waals surface area (Å²) in [6.07, 6.45) is -1.23. The Kier molecular flexibility index (Phi) is 6.10. The number of rotatable bonds is 5. The molecule has 4 rings (SSSR count). The number of benzene rings is 2. The van der Waals surface area contributed by atoms with Gasteiger partial charge in [0.05, 0.1) is 21.8 Å². The van der Waals surface area contributed by atoms with Gasteiger partial charge in [-0.2, -0.15) is 18.2 Å². The third-order valence-electron chi connectivity index (χ3n) is 4.71. The molecule has 0 atom stereocenters. The van der Waals surface area contributed by atoms with E-state index in [2.05, 4.69) is 20.6 Å². The molecule has 2 amide bonds. The standard InChI is InChI=1S/C22H17ClF3N5O2/c1-2-31-9-8-18-19(31)20(28-12-27-18)33-15-6-7-17(16(23)11-15)30-21(32)29-14-5-3-4-13(10-14)22(24,25)26/h3-12H,2H2,1H3,(H2,29,30,32). The van der Waals surface area contributed by atoms with E-state index in [-0.39, 0.29) is 16.4 Å². The molecule has 170 valence electrons. The van der Waals surface area contributed by atoms with Crippen LogP contribution in [-0.4, -0.2) is 20.6 Å². The molecule has 2 heterocycles. The molecular weight excluding hydrogens is 459 g/mol. The minimum atomic E-state index is -4.51. The Labute approximate surface area is 191 Å². The minimum Gasteiger partial charge on any atom is -0.437 e. The number of ether oxygens (including phenoxy) is 1. The zero-order valence-electron chi connectivity index (χ0n) is 17.2. The normalized spacial score (nSPS) is 11.4. The van der Waals surface area contributed by atoms with Crippen molar-refractivity contribution in [3.8, 4) is 11.6 Å². The van der Waals surface area contributed by atoms with E-state index in [1.54, 1.807) is 6.07 Å². The lowest BCUT2D eigenvalue weighted by molar-refractivity contribution is -0.137. The summed E-state index contributed by atoms with van der Waals surface area (Å²) in [5.41, 5.74) is 0.840. The lowest BCUT2D eigenvalue weighted by Crippen LogP contribution is -2.20. The van der Waals surface area contributed by atoms with Crippen molar-refractivity contribution in [3.05, 3.63) is 71.6 Å². The number of alkyl halides is 3. The molecule has 2 N–H and O–H groups in total. The highest BCUT2D eigenvalue weighted by Crippen LogP contribution is 2.33. The summed E-state index contributed by atoms with van der Waals surface area (Å²) in [4.78, 5) is 20.7. The zero-order chi connectivity index (χ0) is 23.6. The Bertz CT molecular complexity index is 1320. The van der Waals surface area contributed by atoms with Crippen LogP contribution < -0.4 is 15.4 Å². The number of fused-ring (bicyclic) bond motifs is 1. The van der Waals surface area contributed by atoms with Crippen molar-refractivity contribution in [3.63, 3.8) is 0 Å². The fraction of sp³-hybridized carbons (Fsp3) is 0.136. The van der Waals surface area contributed by atoms with E-state index in [1.807, 2.05) is 23.8 Å². The molecule has 7 nitrogen and oxygen atoms in total. The van der Waals surface area contributed by atoms with E-state index in [0.717, 1.165) is 23.2 Å². The van der Waals surface area contributed by atoms with Crippen LogP contribution in [0, 0.1) is 0 Å². The van der Waals surface area contributed by atoms with Crippen LogP contribution in [0.1, 0.15) is 12.5 Å². The van der Waals surface area contributed by atoms with Gasteiger partial charge in [0.1, 0.15) is 17.6 Å². The smallest absolute Gasteiger partial charge is 0.416 e. The molecule has 4 aromatic rings. The first-order valence-corrected chi connectivity index (χ1v) is 10.1. The number of aryl methyl sites for hydroxylation is 1. The van der Waals surface area contributed by atoms with Gasteiger partial charge in [0.2, 0.25) is 5.88 Å². The third-order valence-corrected chi connectivity index (χ3v) is 5.02. The van der Waals surface area contributed by atoms with Gasteiger partial charge in [-0.05, 0) is 43.3 Å². The van der Waals surface area contributed by atoms with Gasteiger partial charge in [-0.25, -0.2) is 9.78 Å². The van der Waals surface area contributed by atoms with Crippen molar-refractivity contribution < 1.29 is 22.7 Å². The van der Waals surface area contributed by atoms with Crippen molar-refractivity contribution in [2.45, 2.75) is 19.6 Å². The average molecular weight is 476 g/mol. The molecule has 0 saturated carbocycles. The summed E-state index contributed by atoms with van der Waals surface area (Å²) < 4.78 is 46.4. The zero-order valence-corrected chi connectivity index (χ0v) is 17.9. The molecule has 0 unspecified atom stereocenters. The van der Waals surface area contributed by atoms with Gasteiger partial charge >= 0.3 is 12.2 Å². The first kappa shape index (κ1) is 22.4. The maximum absolute atomic E-state index is 12.8. The minimum absolute atomic E-state index is 0.00916. The van der Waals surface area contributed by atoms with Crippen molar-refractivity contribution in [1.29, 1.82) is 0 Å². The van der Waals surface area contributed by atoms with E-state index in [4.69, 9.17) is 16.3 Å². The topological polar surface area (TPSA) is 81.1 Å². The van der Waals surface area contributed by atoms with Gasteiger partial charge in [0, 0.05) is 24.5 Å². The number of anilines is 2. The second-order valence-corrected chi connectivity index (χ2v) is 7.32. The number of nitrogens with one attached hydrogen (secondary N) is 2. The first-order valence-electron chi connectivity index (χ1n) is 9.77. The number of halogens is 4. The second-order valence-electron chi connectivity index (χ2n) is 6.92. The van der Waals surface area contributed by atoms with Crippen LogP contribution in [0.4, 0.5) is 29.3 Å². The lowest BCUT2D eigenvalue weighted by Gasteiger charge is -2.13. The van der Waals surface area contributed by atoms with Crippen molar-refractivity contribution in [1.82, 2.24) is 14.5 Å². The quantitative estimate of drug-likeness (QED) is 0.342. The highest BCUT2D eigenvalue weighted by atomic mass is 35.5. The van der Waals surface area contributed by atoms with Gasteiger partial charge in [-0.1, -0.05) is 17.7 Å². The molecule has 2 aromatic heterocycles. The van der Waals surface area contributed by atoms with Crippen molar-refractivity contribution in [2.75, 3.05) is 10.6 Å². The summed E-state index contributed by atoms with van der Waals surface area (Å²) >= 11 is 6.27. The van der Waals surface area contributed by atoms with E-state index in [1.165, 1.54) is 30.6 Å². The van der Waals surface area contributed by atoms with E-state index in [9.17, 15) is 18.0 Å². The summed E-state index contributed by atoms with van der Waals surface area (Å²) in [6, 6.07) is 10.0. The van der Waals surface area contributed by atoms with Crippen molar-refractivity contribution >= 4 is 40.0 Å². The molecule has 0 saturated heterocycles. The molecule has 0 aliphatic heterocycles.